The van der Waals surface area contributed by atoms with Crippen molar-refractivity contribution in [1.29, 1.82) is 0 Å². The van der Waals surface area contributed by atoms with Crippen molar-refractivity contribution in [3.8, 4) is 0 Å². The fourth-order valence-corrected chi connectivity index (χ4v) is 2.52. The average molecular weight is 294 g/mol. The first kappa shape index (κ1) is 14.9. The van der Waals surface area contributed by atoms with Crippen molar-refractivity contribution in [3.63, 3.8) is 0 Å². The molecular formula is C12H18N6O3. The molecule has 3 N–H and O–H groups in total. The van der Waals surface area contributed by atoms with Crippen LogP contribution >= 0.6 is 0 Å². The van der Waals surface area contributed by atoms with Crippen LogP contribution in [0, 0.1) is 17.0 Å². The molecule has 0 spiro atoms. The Bertz CT molecular complexity index is 576. The van der Waals surface area contributed by atoms with Gasteiger partial charge in [0.25, 0.3) is 0 Å². The molecular weight excluding hydrogens is 276 g/mol. The molecule has 21 heavy (non-hydrogen) atoms. The summed E-state index contributed by atoms with van der Waals surface area (Å²) < 4.78 is 0. The van der Waals surface area contributed by atoms with E-state index in [0.717, 1.165) is 6.42 Å². The monoisotopic (exact) mass is 294 g/mol. The summed E-state index contributed by atoms with van der Waals surface area (Å²) in [5, 5.41) is 14.2. The van der Waals surface area contributed by atoms with Gasteiger partial charge in [-0.25, -0.2) is 4.98 Å². The number of amides is 1. The van der Waals surface area contributed by atoms with E-state index in [4.69, 9.17) is 5.73 Å². The molecule has 1 fully saturated rings. The van der Waals surface area contributed by atoms with Gasteiger partial charge >= 0.3 is 5.69 Å². The van der Waals surface area contributed by atoms with E-state index in [9.17, 15) is 14.9 Å². The number of nitrogens with two attached hydrogens (primary N) is 1. The first-order chi connectivity index (χ1) is 9.95. The van der Waals surface area contributed by atoms with Crippen molar-refractivity contribution in [3.05, 3.63) is 15.8 Å². The highest BCUT2D eigenvalue weighted by atomic mass is 16.6. The van der Waals surface area contributed by atoms with Gasteiger partial charge in [-0.2, -0.15) is 4.98 Å². The molecule has 1 aromatic rings. The van der Waals surface area contributed by atoms with Gasteiger partial charge in [-0.3, -0.25) is 14.9 Å². The summed E-state index contributed by atoms with van der Waals surface area (Å²) in [5.74, 6) is -0.0291. The van der Waals surface area contributed by atoms with E-state index in [1.54, 1.807) is 11.8 Å². The van der Waals surface area contributed by atoms with Crippen molar-refractivity contribution in [2.45, 2.75) is 32.7 Å². The maximum atomic E-state index is 11.5. The predicted octanol–water partition coefficient (Wildman–Crippen LogP) is 0.579. The van der Waals surface area contributed by atoms with Gasteiger partial charge in [-0.15, -0.1) is 0 Å². The van der Waals surface area contributed by atoms with Gasteiger partial charge in [-0.05, 0) is 26.7 Å². The molecule has 2 heterocycles. The Hall–Kier alpha value is -2.45. The lowest BCUT2D eigenvalue weighted by Gasteiger charge is -2.23. The van der Waals surface area contributed by atoms with Gasteiger partial charge < -0.3 is 16.0 Å². The zero-order chi connectivity index (χ0) is 15.6. The molecule has 1 saturated heterocycles. The number of anilines is 2. The Morgan fingerprint density at radius 3 is 2.86 bits per heavy atom. The van der Waals surface area contributed by atoms with E-state index >= 15 is 0 Å². The Kier molecular flexibility index (Phi) is 4.20. The zero-order valence-corrected chi connectivity index (χ0v) is 12.0. The van der Waals surface area contributed by atoms with Gasteiger partial charge in [0.15, 0.2) is 0 Å². The molecule has 2 rings (SSSR count). The van der Waals surface area contributed by atoms with Crippen molar-refractivity contribution in [1.82, 2.24) is 9.97 Å². The number of nitrogens with zero attached hydrogens (tertiary/aromatic N) is 4. The van der Waals surface area contributed by atoms with Crippen LogP contribution in [0.2, 0.25) is 0 Å². The lowest BCUT2D eigenvalue weighted by molar-refractivity contribution is -0.385. The molecule has 1 atom stereocenters. The number of hydrogen-bond acceptors (Lipinski definition) is 7. The number of carbonyl (C=O) groups excluding carboxylic acids is 1. The van der Waals surface area contributed by atoms with E-state index in [-0.39, 0.29) is 17.2 Å². The lowest BCUT2D eigenvalue weighted by Crippen LogP contribution is -2.41. The summed E-state index contributed by atoms with van der Waals surface area (Å²) in [5.41, 5.74) is 5.46. The van der Waals surface area contributed by atoms with Crippen molar-refractivity contribution >= 4 is 23.4 Å². The van der Waals surface area contributed by atoms with E-state index < -0.39 is 16.9 Å². The molecule has 0 aromatic carbocycles. The largest absolute Gasteiger partial charge is 0.368 e. The van der Waals surface area contributed by atoms with E-state index in [2.05, 4.69) is 15.3 Å². The normalized spacial score (nSPS) is 17.8. The third-order valence-electron chi connectivity index (χ3n) is 3.41. The first-order valence-electron chi connectivity index (χ1n) is 6.78. The van der Waals surface area contributed by atoms with Crippen LogP contribution in [0.4, 0.5) is 17.5 Å². The van der Waals surface area contributed by atoms with Crippen molar-refractivity contribution in [2.75, 3.05) is 23.3 Å². The van der Waals surface area contributed by atoms with Crippen LogP contribution in [0.1, 0.15) is 25.5 Å². The molecule has 114 valence electrons. The molecule has 9 nitrogen and oxygen atoms in total. The van der Waals surface area contributed by atoms with Crippen LogP contribution < -0.4 is 16.0 Å². The summed E-state index contributed by atoms with van der Waals surface area (Å²) in [4.78, 5) is 32.2. The number of nitro groups is 1. The van der Waals surface area contributed by atoms with Crippen LogP contribution in [0.5, 0.6) is 0 Å². The highest BCUT2D eigenvalue weighted by Crippen LogP contribution is 2.34. The maximum absolute atomic E-state index is 11.5. The summed E-state index contributed by atoms with van der Waals surface area (Å²) in [6.07, 6.45) is 1.32. The van der Waals surface area contributed by atoms with E-state index in [0.29, 0.717) is 25.5 Å². The van der Waals surface area contributed by atoms with Crippen LogP contribution in [0.15, 0.2) is 0 Å². The summed E-state index contributed by atoms with van der Waals surface area (Å²) in [6, 6.07) is -0.563. The molecule has 0 aliphatic carbocycles. The van der Waals surface area contributed by atoms with Crippen LogP contribution in [0.3, 0.4) is 0 Å². The number of carbonyl (C=O) groups is 1. The number of nitrogens with one attached hydrogen (secondary N) is 1. The van der Waals surface area contributed by atoms with Crippen molar-refractivity contribution < 1.29 is 9.72 Å². The Labute approximate surface area is 121 Å². The quantitative estimate of drug-likeness (QED) is 0.600. The summed E-state index contributed by atoms with van der Waals surface area (Å²) in [6.45, 7) is 4.54. The van der Waals surface area contributed by atoms with E-state index in [1.807, 2.05) is 6.92 Å². The van der Waals surface area contributed by atoms with E-state index in [1.165, 1.54) is 0 Å². The summed E-state index contributed by atoms with van der Waals surface area (Å²) >= 11 is 0. The van der Waals surface area contributed by atoms with Gasteiger partial charge in [0, 0.05) is 13.1 Å². The minimum Gasteiger partial charge on any atom is -0.368 e. The van der Waals surface area contributed by atoms with Crippen molar-refractivity contribution in [2.24, 2.45) is 5.73 Å². The first-order valence-corrected chi connectivity index (χ1v) is 6.78. The maximum Gasteiger partial charge on any atom is 0.332 e. The minimum atomic E-state index is -0.563. The van der Waals surface area contributed by atoms with Gasteiger partial charge in [0.2, 0.25) is 17.7 Å². The lowest BCUT2D eigenvalue weighted by atomic mass is 10.2. The highest BCUT2D eigenvalue weighted by Gasteiger charge is 2.36. The fraction of sp³-hybridized carbons (Fsp3) is 0.583. The number of rotatable bonds is 5. The number of hydrogen-bond donors (Lipinski definition) is 2. The second-order valence-corrected chi connectivity index (χ2v) is 4.85. The number of aryl methyl sites for hydroxylation is 1. The molecule has 1 amide bonds. The Morgan fingerprint density at radius 2 is 2.29 bits per heavy atom. The standard InChI is InChI=1S/C12H18N6O3/c1-3-14-12-15-7(2)9(18(20)21)11(16-12)17-6-4-5-8(17)10(13)19/h8H,3-6H2,1-2H3,(H2,13,19)(H,14,15,16). The molecule has 9 heteroatoms. The third kappa shape index (κ3) is 2.86. The highest BCUT2D eigenvalue weighted by molar-refractivity contribution is 5.85. The van der Waals surface area contributed by atoms with Crippen LogP contribution in [-0.4, -0.2) is 39.9 Å². The number of aromatic nitrogens is 2. The van der Waals surface area contributed by atoms with Gasteiger partial charge in [0.05, 0.1) is 4.92 Å². The minimum absolute atomic E-state index is 0.157. The van der Waals surface area contributed by atoms with Crippen LogP contribution in [-0.2, 0) is 4.79 Å². The SMILES string of the molecule is CCNc1nc(C)c([N+](=O)[O-])c(N2CCCC2C(N)=O)n1. The molecule has 1 aromatic heterocycles. The van der Waals surface area contributed by atoms with Crippen LogP contribution in [0.25, 0.3) is 0 Å². The molecule has 1 aliphatic heterocycles. The molecule has 0 saturated carbocycles. The zero-order valence-electron chi connectivity index (χ0n) is 12.0. The molecule has 0 radical (unpaired) electrons. The Balaban J connectivity index is 2.53. The molecule has 1 unspecified atom stereocenters. The number of primary amides is 1. The molecule has 1 aliphatic rings. The summed E-state index contributed by atoms with van der Waals surface area (Å²) in [7, 11) is 0. The topological polar surface area (TPSA) is 127 Å². The Morgan fingerprint density at radius 1 is 1.57 bits per heavy atom. The fourth-order valence-electron chi connectivity index (χ4n) is 2.52. The smallest absolute Gasteiger partial charge is 0.332 e. The second kappa shape index (κ2) is 5.90. The second-order valence-electron chi connectivity index (χ2n) is 4.85. The average Bonchev–Trinajstić information content (AvgIpc) is 2.86. The predicted molar refractivity (Wildman–Crippen MR) is 77.1 cm³/mol. The molecule has 0 bridgehead atoms. The van der Waals surface area contributed by atoms with Gasteiger partial charge in [-0.1, -0.05) is 0 Å². The van der Waals surface area contributed by atoms with Gasteiger partial charge in [0.1, 0.15) is 11.7 Å². The third-order valence-corrected chi connectivity index (χ3v) is 3.41.